The van der Waals surface area contributed by atoms with Crippen LogP contribution in [0.2, 0.25) is 0 Å². The number of nitrogens with one attached hydrogen (secondary N) is 1. The van der Waals surface area contributed by atoms with Crippen molar-refractivity contribution in [1.29, 1.82) is 0 Å². The third-order valence-electron chi connectivity index (χ3n) is 3.93. The minimum atomic E-state index is 0.195. The van der Waals surface area contributed by atoms with Crippen molar-refractivity contribution in [2.24, 2.45) is 0 Å². The van der Waals surface area contributed by atoms with Gasteiger partial charge in [0.25, 0.3) is 0 Å². The smallest absolute Gasteiger partial charge is 0.194 e. The van der Waals surface area contributed by atoms with E-state index in [1.54, 1.807) is 11.3 Å². The van der Waals surface area contributed by atoms with Crippen LogP contribution in [0.3, 0.4) is 0 Å². The zero-order chi connectivity index (χ0) is 15.1. The predicted octanol–water partition coefficient (Wildman–Crippen LogP) is 3.47. The Balaban J connectivity index is 1.83. The lowest BCUT2D eigenvalue weighted by molar-refractivity contribution is 0.390. The second-order valence-corrected chi connectivity index (χ2v) is 6.32. The third kappa shape index (κ3) is 2.38. The van der Waals surface area contributed by atoms with Crippen LogP contribution in [0.5, 0.6) is 0 Å². The molecule has 3 heterocycles. The van der Waals surface area contributed by atoms with Crippen LogP contribution in [0.25, 0.3) is 4.96 Å². The highest BCUT2D eigenvalue weighted by Crippen LogP contribution is 2.23. The van der Waals surface area contributed by atoms with Gasteiger partial charge in [0.05, 0.1) is 17.1 Å². The fourth-order valence-corrected chi connectivity index (χ4v) is 3.77. The van der Waals surface area contributed by atoms with Crippen molar-refractivity contribution in [1.82, 2.24) is 19.9 Å². The molecule has 0 spiro atoms. The molecule has 6 heteroatoms. The number of hydrogen-bond acceptors (Lipinski definition) is 5. The molecule has 3 rings (SSSR count). The number of nitrogens with zero attached hydrogens (tertiary/aromatic N) is 3. The molecule has 0 saturated heterocycles. The highest BCUT2D eigenvalue weighted by atomic mass is 32.1. The monoisotopic (exact) mass is 304 g/mol. The third-order valence-corrected chi connectivity index (χ3v) is 4.87. The molecule has 0 aromatic carbocycles. The first-order valence-corrected chi connectivity index (χ1v) is 7.95. The van der Waals surface area contributed by atoms with Crippen molar-refractivity contribution in [3.63, 3.8) is 0 Å². The average Bonchev–Trinajstić information content (AvgIpc) is 3.04. The van der Waals surface area contributed by atoms with Crippen molar-refractivity contribution in [2.75, 3.05) is 0 Å². The lowest BCUT2D eigenvalue weighted by Crippen LogP contribution is -2.20. The van der Waals surface area contributed by atoms with E-state index in [1.807, 2.05) is 13.8 Å². The van der Waals surface area contributed by atoms with Gasteiger partial charge >= 0.3 is 0 Å². The molecule has 5 nitrogen and oxygen atoms in total. The molecule has 3 aromatic rings. The molecule has 3 aromatic heterocycles. The number of aromatic nitrogens is 3. The normalized spacial score (nSPS) is 13.2. The Bertz CT molecular complexity index is 764. The van der Waals surface area contributed by atoms with Crippen molar-refractivity contribution < 1.29 is 4.52 Å². The molecule has 0 radical (unpaired) electrons. The fraction of sp³-hybridized carbons (Fsp3) is 0.467. The van der Waals surface area contributed by atoms with Gasteiger partial charge in [-0.3, -0.25) is 4.40 Å². The fourth-order valence-electron chi connectivity index (χ4n) is 2.84. The summed E-state index contributed by atoms with van der Waals surface area (Å²) < 4.78 is 7.48. The minimum Gasteiger partial charge on any atom is -0.361 e. The second-order valence-electron chi connectivity index (χ2n) is 5.48. The molecule has 1 atom stereocenters. The molecule has 0 aliphatic rings. The summed E-state index contributed by atoms with van der Waals surface area (Å²) in [5, 5.41) is 9.73. The highest BCUT2D eigenvalue weighted by Gasteiger charge is 2.18. The summed E-state index contributed by atoms with van der Waals surface area (Å²) in [4.78, 5) is 5.68. The maximum absolute atomic E-state index is 5.25. The number of hydrogen-bond donors (Lipinski definition) is 1. The Morgan fingerprint density at radius 2 is 2.05 bits per heavy atom. The van der Waals surface area contributed by atoms with E-state index in [9.17, 15) is 0 Å². The summed E-state index contributed by atoms with van der Waals surface area (Å²) in [5.41, 5.74) is 5.65. The molecule has 0 saturated carbocycles. The molecule has 0 aliphatic heterocycles. The van der Waals surface area contributed by atoms with Crippen molar-refractivity contribution in [3.05, 3.63) is 39.5 Å². The second kappa shape index (κ2) is 5.27. The maximum Gasteiger partial charge on any atom is 0.194 e. The van der Waals surface area contributed by atoms with Gasteiger partial charge in [-0.2, -0.15) is 0 Å². The van der Waals surface area contributed by atoms with E-state index in [2.05, 4.69) is 46.0 Å². The first-order chi connectivity index (χ1) is 9.99. The van der Waals surface area contributed by atoms with Crippen LogP contribution in [0, 0.1) is 27.7 Å². The van der Waals surface area contributed by atoms with E-state index in [4.69, 9.17) is 4.52 Å². The summed E-state index contributed by atoms with van der Waals surface area (Å²) in [6.07, 6.45) is 0. The van der Waals surface area contributed by atoms with Crippen molar-refractivity contribution >= 4 is 16.3 Å². The number of thiazole rings is 1. The van der Waals surface area contributed by atoms with Crippen LogP contribution in [-0.2, 0) is 6.54 Å². The Morgan fingerprint density at radius 1 is 1.29 bits per heavy atom. The molecule has 21 heavy (non-hydrogen) atoms. The highest BCUT2D eigenvalue weighted by molar-refractivity contribution is 7.15. The lowest BCUT2D eigenvalue weighted by atomic mass is 10.1. The molecule has 1 N–H and O–H groups in total. The van der Waals surface area contributed by atoms with Crippen molar-refractivity contribution in [2.45, 2.75) is 47.2 Å². The first-order valence-electron chi connectivity index (χ1n) is 7.07. The van der Waals surface area contributed by atoms with E-state index in [0.29, 0.717) is 0 Å². The topological polar surface area (TPSA) is 55.4 Å². The molecule has 0 amide bonds. The number of imidazole rings is 1. The van der Waals surface area contributed by atoms with Gasteiger partial charge in [0.1, 0.15) is 5.76 Å². The van der Waals surface area contributed by atoms with Crippen LogP contribution in [0.1, 0.15) is 47.1 Å². The van der Waals surface area contributed by atoms with Gasteiger partial charge in [0, 0.05) is 29.2 Å². The van der Waals surface area contributed by atoms with Crippen LogP contribution >= 0.6 is 11.3 Å². The lowest BCUT2D eigenvalue weighted by Gasteiger charge is -2.14. The molecular formula is C15H20N4OS. The Morgan fingerprint density at radius 3 is 2.71 bits per heavy atom. The summed E-state index contributed by atoms with van der Waals surface area (Å²) >= 11 is 1.68. The number of rotatable bonds is 4. The predicted molar refractivity (Wildman–Crippen MR) is 83.8 cm³/mol. The summed E-state index contributed by atoms with van der Waals surface area (Å²) in [6.45, 7) is 11.0. The van der Waals surface area contributed by atoms with Crippen LogP contribution in [0.15, 0.2) is 9.90 Å². The molecule has 112 valence electrons. The van der Waals surface area contributed by atoms with Gasteiger partial charge in [-0.15, -0.1) is 11.3 Å². The van der Waals surface area contributed by atoms with Crippen LogP contribution in [0.4, 0.5) is 0 Å². The van der Waals surface area contributed by atoms with Gasteiger partial charge in [-0.25, -0.2) is 4.98 Å². The zero-order valence-corrected chi connectivity index (χ0v) is 13.8. The van der Waals surface area contributed by atoms with Crippen molar-refractivity contribution in [3.8, 4) is 0 Å². The minimum absolute atomic E-state index is 0.195. The maximum atomic E-state index is 5.25. The van der Waals surface area contributed by atoms with E-state index in [-0.39, 0.29) is 6.04 Å². The van der Waals surface area contributed by atoms with Gasteiger partial charge in [0.15, 0.2) is 4.96 Å². The van der Waals surface area contributed by atoms with Gasteiger partial charge in [0.2, 0.25) is 0 Å². The van der Waals surface area contributed by atoms with Crippen LogP contribution < -0.4 is 5.32 Å². The SMILES string of the molecule is Cc1noc(C)c1C(C)NCc1c(C)nc2scc(C)n12. The Hall–Kier alpha value is -1.66. The summed E-state index contributed by atoms with van der Waals surface area (Å²) in [6, 6.07) is 0.195. The molecular weight excluding hydrogens is 284 g/mol. The van der Waals surface area contributed by atoms with E-state index in [1.165, 1.54) is 11.4 Å². The molecule has 0 bridgehead atoms. The standard InChI is InChI=1S/C15H20N4OS/c1-8-7-21-15-17-9(2)13(19(8)15)6-16-10(3)14-11(4)18-20-12(14)5/h7,10,16H,6H2,1-5H3. The quantitative estimate of drug-likeness (QED) is 0.802. The molecule has 0 aliphatic carbocycles. The zero-order valence-electron chi connectivity index (χ0n) is 13.0. The van der Waals surface area contributed by atoms with Crippen LogP contribution in [-0.4, -0.2) is 14.5 Å². The summed E-state index contributed by atoms with van der Waals surface area (Å²) in [5.74, 6) is 0.884. The average molecular weight is 304 g/mol. The largest absolute Gasteiger partial charge is 0.361 e. The Labute approximate surface area is 128 Å². The number of aryl methyl sites for hydroxylation is 4. The molecule has 1 unspecified atom stereocenters. The molecule has 0 fully saturated rings. The first kappa shape index (κ1) is 14.3. The van der Waals surface area contributed by atoms with E-state index in [0.717, 1.165) is 34.2 Å². The van der Waals surface area contributed by atoms with Gasteiger partial charge in [-0.1, -0.05) is 5.16 Å². The summed E-state index contributed by atoms with van der Waals surface area (Å²) in [7, 11) is 0. The Kier molecular flexibility index (Phi) is 3.59. The van der Waals surface area contributed by atoms with Gasteiger partial charge in [-0.05, 0) is 34.6 Å². The van der Waals surface area contributed by atoms with E-state index >= 15 is 0 Å². The van der Waals surface area contributed by atoms with E-state index < -0.39 is 0 Å². The number of fused-ring (bicyclic) bond motifs is 1. The van der Waals surface area contributed by atoms with Gasteiger partial charge < -0.3 is 9.84 Å².